The zero-order chi connectivity index (χ0) is 14.8. The highest BCUT2D eigenvalue weighted by Crippen LogP contribution is 2.17. The lowest BCUT2D eigenvalue weighted by atomic mass is 10.1. The van der Waals surface area contributed by atoms with Gasteiger partial charge in [-0.3, -0.25) is 0 Å². The topological polar surface area (TPSA) is 76.2 Å². The van der Waals surface area contributed by atoms with Crippen LogP contribution < -0.4 is 11.1 Å². The molecule has 1 aromatic heterocycles. The number of hydrogen-bond acceptors (Lipinski definition) is 3. The maximum Gasteiger partial charge on any atom is 0.322 e. The van der Waals surface area contributed by atoms with Gasteiger partial charge < -0.3 is 20.5 Å². The van der Waals surface area contributed by atoms with Crippen molar-refractivity contribution in [3.63, 3.8) is 0 Å². The Morgan fingerprint density at radius 3 is 3.10 bits per heavy atom. The van der Waals surface area contributed by atoms with E-state index in [1.54, 1.807) is 11.1 Å². The predicted molar refractivity (Wildman–Crippen MR) is 80.7 cm³/mol. The maximum atomic E-state index is 12.3. The molecule has 1 aromatic carbocycles. The van der Waals surface area contributed by atoms with Crippen molar-refractivity contribution in [3.8, 4) is 0 Å². The van der Waals surface area contributed by atoms with Gasteiger partial charge in [0.05, 0.1) is 6.54 Å². The molecule has 0 saturated heterocycles. The largest absolute Gasteiger partial charge is 0.332 e. The minimum Gasteiger partial charge on any atom is -0.332 e. The average molecular weight is 285 g/mol. The number of benzene rings is 1. The quantitative estimate of drug-likeness (QED) is 0.885. The molecule has 3 rings (SSSR count). The number of imidazole rings is 1. The van der Waals surface area contributed by atoms with E-state index in [0.717, 1.165) is 23.6 Å². The third-order valence-electron chi connectivity index (χ3n) is 3.70. The number of aromatic nitrogens is 2. The Kier molecular flexibility index (Phi) is 3.62. The number of anilines is 1. The van der Waals surface area contributed by atoms with E-state index in [0.29, 0.717) is 13.1 Å². The Hall–Kier alpha value is -2.34. The second kappa shape index (κ2) is 5.57. The lowest BCUT2D eigenvalue weighted by Crippen LogP contribution is -2.40. The van der Waals surface area contributed by atoms with Crippen molar-refractivity contribution in [1.82, 2.24) is 14.5 Å². The fourth-order valence-corrected chi connectivity index (χ4v) is 2.45. The molecule has 0 aliphatic carbocycles. The van der Waals surface area contributed by atoms with Gasteiger partial charge in [-0.15, -0.1) is 0 Å². The molecule has 1 unspecified atom stereocenters. The Balaban J connectivity index is 1.68. The van der Waals surface area contributed by atoms with E-state index < -0.39 is 0 Å². The van der Waals surface area contributed by atoms with Gasteiger partial charge in [0, 0.05) is 37.2 Å². The first-order chi connectivity index (χ1) is 10.1. The summed E-state index contributed by atoms with van der Waals surface area (Å²) in [6, 6.07) is 7.48. The van der Waals surface area contributed by atoms with Gasteiger partial charge in [-0.2, -0.15) is 0 Å². The van der Waals surface area contributed by atoms with Gasteiger partial charge in [0.1, 0.15) is 5.82 Å². The molecule has 0 bridgehead atoms. The standard InChI is InChI=1S/C15H19N5O/c1-11(16)12-3-2-4-13(9-12)18-15(21)20-8-7-19-6-5-17-14(19)10-20/h2-6,9,11H,7-8,10,16H2,1H3,(H,18,21). The van der Waals surface area contributed by atoms with Crippen LogP contribution in [0.1, 0.15) is 24.4 Å². The van der Waals surface area contributed by atoms with E-state index in [9.17, 15) is 4.79 Å². The highest BCUT2D eigenvalue weighted by atomic mass is 16.2. The van der Waals surface area contributed by atoms with Gasteiger partial charge in [-0.1, -0.05) is 12.1 Å². The van der Waals surface area contributed by atoms with Crippen molar-refractivity contribution < 1.29 is 4.79 Å². The fraction of sp³-hybridized carbons (Fsp3) is 0.333. The second-order valence-electron chi connectivity index (χ2n) is 5.30. The predicted octanol–water partition coefficient (Wildman–Crippen LogP) is 1.95. The molecular formula is C15H19N5O. The molecule has 1 atom stereocenters. The van der Waals surface area contributed by atoms with Gasteiger partial charge >= 0.3 is 6.03 Å². The van der Waals surface area contributed by atoms with Crippen molar-refractivity contribution in [2.75, 3.05) is 11.9 Å². The van der Waals surface area contributed by atoms with Crippen molar-refractivity contribution in [3.05, 3.63) is 48.0 Å². The number of nitrogens with one attached hydrogen (secondary N) is 1. The number of carbonyl (C=O) groups is 1. The molecule has 6 nitrogen and oxygen atoms in total. The summed E-state index contributed by atoms with van der Waals surface area (Å²) in [6.07, 6.45) is 3.71. The van der Waals surface area contributed by atoms with Crippen molar-refractivity contribution >= 4 is 11.7 Å². The van der Waals surface area contributed by atoms with Gasteiger partial charge in [-0.05, 0) is 24.6 Å². The maximum absolute atomic E-state index is 12.3. The van der Waals surface area contributed by atoms with Gasteiger partial charge in [0.2, 0.25) is 0 Å². The highest BCUT2D eigenvalue weighted by molar-refractivity contribution is 5.89. The number of carbonyl (C=O) groups excluding carboxylic acids is 1. The van der Waals surface area contributed by atoms with Crippen LogP contribution in [0.3, 0.4) is 0 Å². The van der Waals surface area contributed by atoms with Crippen LogP contribution in [0.25, 0.3) is 0 Å². The smallest absolute Gasteiger partial charge is 0.322 e. The molecule has 0 spiro atoms. The monoisotopic (exact) mass is 285 g/mol. The molecule has 2 heterocycles. The first kappa shape index (κ1) is 13.6. The van der Waals surface area contributed by atoms with Crippen LogP contribution in [0.4, 0.5) is 10.5 Å². The summed E-state index contributed by atoms with van der Waals surface area (Å²) in [4.78, 5) is 18.4. The van der Waals surface area contributed by atoms with Crippen molar-refractivity contribution in [1.29, 1.82) is 0 Å². The number of urea groups is 1. The Morgan fingerprint density at radius 1 is 1.43 bits per heavy atom. The van der Waals surface area contributed by atoms with E-state index >= 15 is 0 Å². The number of fused-ring (bicyclic) bond motifs is 1. The third kappa shape index (κ3) is 2.90. The number of rotatable bonds is 2. The van der Waals surface area contributed by atoms with E-state index in [4.69, 9.17) is 5.73 Å². The lowest BCUT2D eigenvalue weighted by molar-refractivity contribution is 0.195. The first-order valence-corrected chi connectivity index (χ1v) is 7.05. The number of hydrogen-bond donors (Lipinski definition) is 2. The van der Waals surface area contributed by atoms with Crippen LogP contribution in [0.5, 0.6) is 0 Å². The first-order valence-electron chi connectivity index (χ1n) is 7.05. The van der Waals surface area contributed by atoms with E-state index in [-0.39, 0.29) is 12.1 Å². The van der Waals surface area contributed by atoms with Crippen molar-refractivity contribution in [2.24, 2.45) is 5.73 Å². The van der Waals surface area contributed by atoms with Crippen LogP contribution in [-0.4, -0.2) is 27.0 Å². The summed E-state index contributed by atoms with van der Waals surface area (Å²) in [6.45, 7) is 3.92. The number of nitrogens with zero attached hydrogens (tertiary/aromatic N) is 3. The second-order valence-corrected chi connectivity index (χ2v) is 5.30. The summed E-state index contributed by atoms with van der Waals surface area (Å²) in [7, 11) is 0. The molecule has 6 heteroatoms. The SMILES string of the molecule is CC(N)c1cccc(NC(=O)N2CCn3ccnc3C2)c1. The lowest BCUT2D eigenvalue weighted by Gasteiger charge is -2.27. The van der Waals surface area contributed by atoms with Gasteiger partial charge in [0.15, 0.2) is 0 Å². The van der Waals surface area contributed by atoms with Crippen LogP contribution in [0.15, 0.2) is 36.7 Å². The minimum absolute atomic E-state index is 0.0516. The van der Waals surface area contributed by atoms with Gasteiger partial charge in [-0.25, -0.2) is 9.78 Å². The summed E-state index contributed by atoms with van der Waals surface area (Å²) in [5, 5.41) is 2.92. The van der Waals surface area contributed by atoms with Crippen LogP contribution in [0, 0.1) is 0 Å². The molecule has 0 saturated carbocycles. The molecular weight excluding hydrogens is 266 g/mol. The Morgan fingerprint density at radius 2 is 2.29 bits per heavy atom. The summed E-state index contributed by atoms with van der Waals surface area (Å²) in [5.41, 5.74) is 7.63. The molecule has 0 fully saturated rings. The molecule has 3 N–H and O–H groups in total. The van der Waals surface area contributed by atoms with Crippen LogP contribution in [0.2, 0.25) is 0 Å². The van der Waals surface area contributed by atoms with Gasteiger partial charge in [0.25, 0.3) is 0 Å². The Bertz CT molecular complexity index is 649. The molecule has 2 amide bonds. The average Bonchev–Trinajstić information content (AvgIpc) is 2.94. The van der Waals surface area contributed by atoms with Crippen molar-refractivity contribution in [2.45, 2.75) is 26.1 Å². The van der Waals surface area contributed by atoms with E-state index in [1.165, 1.54) is 0 Å². The summed E-state index contributed by atoms with van der Waals surface area (Å²) in [5.74, 6) is 0.917. The summed E-state index contributed by atoms with van der Waals surface area (Å²) >= 11 is 0. The zero-order valence-electron chi connectivity index (χ0n) is 12.0. The summed E-state index contributed by atoms with van der Waals surface area (Å²) < 4.78 is 2.07. The van der Waals surface area contributed by atoms with Crippen LogP contribution in [-0.2, 0) is 13.1 Å². The normalized spacial score (nSPS) is 15.4. The highest BCUT2D eigenvalue weighted by Gasteiger charge is 2.21. The molecule has 0 radical (unpaired) electrons. The molecule has 1 aliphatic heterocycles. The molecule has 110 valence electrons. The van der Waals surface area contributed by atoms with Crippen LogP contribution >= 0.6 is 0 Å². The van der Waals surface area contributed by atoms with E-state index in [1.807, 2.05) is 37.4 Å². The molecule has 21 heavy (non-hydrogen) atoms. The number of nitrogens with two attached hydrogens (primary N) is 1. The minimum atomic E-state index is -0.105. The third-order valence-corrected chi connectivity index (χ3v) is 3.70. The zero-order valence-corrected chi connectivity index (χ0v) is 12.0. The molecule has 1 aliphatic rings. The molecule has 2 aromatic rings. The van der Waals surface area contributed by atoms with E-state index in [2.05, 4.69) is 14.9 Å². The fourth-order valence-electron chi connectivity index (χ4n) is 2.45. The Labute approximate surface area is 123 Å². The number of amides is 2.